The molecule has 1 aromatic carbocycles. The Hall–Kier alpha value is -3.07. The van der Waals surface area contributed by atoms with Gasteiger partial charge in [-0.1, -0.05) is 6.07 Å². The van der Waals surface area contributed by atoms with Gasteiger partial charge in [0.2, 0.25) is 5.91 Å². The van der Waals surface area contributed by atoms with E-state index in [-0.39, 0.29) is 23.8 Å². The van der Waals surface area contributed by atoms with Gasteiger partial charge in [-0.15, -0.1) is 11.3 Å². The molecular formula is C22H28N2O6S. The van der Waals surface area contributed by atoms with E-state index in [1.165, 1.54) is 21.3 Å². The minimum atomic E-state index is -0.603. The van der Waals surface area contributed by atoms with Gasteiger partial charge < -0.3 is 24.4 Å². The van der Waals surface area contributed by atoms with Crippen molar-refractivity contribution in [3.8, 4) is 11.5 Å². The second kappa shape index (κ2) is 10.8. The molecule has 2 aromatic rings. The summed E-state index contributed by atoms with van der Waals surface area (Å²) in [5, 5.41) is 3.06. The molecule has 31 heavy (non-hydrogen) atoms. The molecule has 0 saturated heterocycles. The maximum atomic E-state index is 12.9. The predicted octanol–water partition coefficient (Wildman–Crippen LogP) is 3.52. The van der Waals surface area contributed by atoms with Crippen molar-refractivity contribution < 1.29 is 28.6 Å². The number of methoxy groups -OCH3 is 3. The Labute approximate surface area is 186 Å². The fourth-order valence-corrected chi connectivity index (χ4v) is 4.33. The first-order valence-electron chi connectivity index (χ1n) is 9.82. The maximum absolute atomic E-state index is 12.9. The van der Waals surface area contributed by atoms with Crippen LogP contribution < -0.4 is 14.8 Å². The highest BCUT2D eigenvalue weighted by atomic mass is 32.1. The van der Waals surface area contributed by atoms with E-state index in [1.807, 2.05) is 13.8 Å². The Morgan fingerprint density at radius 3 is 2.23 bits per heavy atom. The zero-order valence-corrected chi connectivity index (χ0v) is 19.5. The van der Waals surface area contributed by atoms with Crippen LogP contribution in [0.1, 0.15) is 45.0 Å². The number of carbonyl (C=O) groups excluding carboxylic acids is 3. The van der Waals surface area contributed by atoms with Gasteiger partial charge in [-0.3, -0.25) is 9.59 Å². The highest BCUT2D eigenvalue weighted by Crippen LogP contribution is 2.35. The average Bonchev–Trinajstić information content (AvgIpc) is 3.09. The molecule has 2 amide bonds. The van der Waals surface area contributed by atoms with Crippen LogP contribution in [-0.2, 0) is 16.0 Å². The van der Waals surface area contributed by atoms with E-state index in [0.29, 0.717) is 45.6 Å². The number of esters is 1. The highest BCUT2D eigenvalue weighted by Gasteiger charge is 2.28. The van der Waals surface area contributed by atoms with Gasteiger partial charge in [0.05, 0.1) is 38.2 Å². The lowest BCUT2D eigenvalue weighted by Crippen LogP contribution is -2.30. The largest absolute Gasteiger partial charge is 0.493 e. The maximum Gasteiger partial charge on any atom is 0.341 e. The minimum absolute atomic E-state index is 0.0528. The lowest BCUT2D eigenvalue weighted by Gasteiger charge is -2.17. The molecule has 1 N–H and O–H groups in total. The van der Waals surface area contributed by atoms with Crippen LogP contribution in [0.25, 0.3) is 0 Å². The number of nitrogens with zero attached hydrogens (tertiary/aromatic N) is 1. The second-order valence-electron chi connectivity index (χ2n) is 6.64. The van der Waals surface area contributed by atoms with Gasteiger partial charge >= 0.3 is 5.97 Å². The summed E-state index contributed by atoms with van der Waals surface area (Å²) in [7, 11) is 4.32. The number of ether oxygens (including phenoxy) is 3. The molecule has 9 heteroatoms. The van der Waals surface area contributed by atoms with E-state index in [2.05, 4.69) is 5.32 Å². The minimum Gasteiger partial charge on any atom is -0.493 e. The Kier molecular flexibility index (Phi) is 8.44. The van der Waals surface area contributed by atoms with Crippen molar-refractivity contribution in [1.29, 1.82) is 0 Å². The number of hydrogen-bond acceptors (Lipinski definition) is 7. The van der Waals surface area contributed by atoms with E-state index in [0.717, 1.165) is 11.3 Å². The van der Waals surface area contributed by atoms with Crippen molar-refractivity contribution >= 4 is 34.1 Å². The summed E-state index contributed by atoms with van der Waals surface area (Å²) in [5.41, 5.74) is 1.40. The van der Waals surface area contributed by atoms with E-state index in [9.17, 15) is 14.4 Å². The van der Waals surface area contributed by atoms with Crippen molar-refractivity contribution in [2.24, 2.45) is 0 Å². The standard InChI is InChI=1S/C22H28N2O6S/c1-7-24(8-2)21(26)19-13(3)18(22(27)30-6)20(31-19)23-17(25)12-14-9-10-15(28-4)16(11-14)29-5/h9-11H,7-8,12H2,1-6H3,(H,23,25). The predicted molar refractivity (Wildman–Crippen MR) is 120 cm³/mol. The quantitative estimate of drug-likeness (QED) is 0.590. The van der Waals surface area contributed by atoms with Crippen LogP contribution in [0.4, 0.5) is 5.00 Å². The molecule has 0 unspecified atom stereocenters. The van der Waals surface area contributed by atoms with Gasteiger partial charge in [0.1, 0.15) is 5.00 Å². The molecule has 0 atom stereocenters. The van der Waals surface area contributed by atoms with Crippen LogP contribution in [0.15, 0.2) is 18.2 Å². The summed E-state index contributed by atoms with van der Waals surface area (Å²) < 4.78 is 15.4. The molecule has 0 bridgehead atoms. The molecule has 8 nitrogen and oxygen atoms in total. The van der Waals surface area contributed by atoms with Crippen LogP contribution >= 0.6 is 11.3 Å². The molecule has 0 spiro atoms. The van der Waals surface area contributed by atoms with Crippen LogP contribution in [0.5, 0.6) is 11.5 Å². The SMILES string of the molecule is CCN(CC)C(=O)c1sc(NC(=O)Cc2ccc(OC)c(OC)c2)c(C(=O)OC)c1C. The third-order valence-electron chi connectivity index (χ3n) is 4.85. The second-order valence-corrected chi connectivity index (χ2v) is 7.66. The molecule has 2 rings (SSSR count). The normalized spacial score (nSPS) is 10.4. The monoisotopic (exact) mass is 448 g/mol. The van der Waals surface area contributed by atoms with Gasteiger partial charge in [-0.25, -0.2) is 4.79 Å². The van der Waals surface area contributed by atoms with Crippen molar-refractivity contribution in [2.75, 3.05) is 39.7 Å². The lowest BCUT2D eigenvalue weighted by molar-refractivity contribution is -0.115. The lowest BCUT2D eigenvalue weighted by atomic mass is 10.1. The van der Waals surface area contributed by atoms with Crippen LogP contribution in [-0.4, -0.2) is 57.1 Å². The third-order valence-corrected chi connectivity index (χ3v) is 6.04. The summed E-state index contributed by atoms with van der Waals surface area (Å²) >= 11 is 1.08. The summed E-state index contributed by atoms with van der Waals surface area (Å²) in [4.78, 5) is 40.0. The summed E-state index contributed by atoms with van der Waals surface area (Å²) in [6.07, 6.45) is 0.0528. The first kappa shape index (κ1) is 24.2. The van der Waals surface area contributed by atoms with E-state index in [4.69, 9.17) is 14.2 Å². The van der Waals surface area contributed by atoms with Crippen molar-refractivity contribution in [1.82, 2.24) is 4.90 Å². The topological polar surface area (TPSA) is 94.2 Å². The van der Waals surface area contributed by atoms with Crippen LogP contribution in [0.3, 0.4) is 0 Å². The molecular weight excluding hydrogens is 420 g/mol. The molecule has 0 aliphatic heterocycles. The number of carbonyl (C=O) groups is 3. The van der Waals surface area contributed by atoms with Crippen molar-refractivity contribution in [2.45, 2.75) is 27.2 Å². The fourth-order valence-electron chi connectivity index (χ4n) is 3.15. The zero-order chi connectivity index (χ0) is 23.1. The highest BCUT2D eigenvalue weighted by molar-refractivity contribution is 7.18. The van der Waals surface area contributed by atoms with Gasteiger partial charge in [-0.05, 0) is 44.0 Å². The molecule has 0 fully saturated rings. The van der Waals surface area contributed by atoms with Crippen molar-refractivity contribution in [3.63, 3.8) is 0 Å². The summed E-state index contributed by atoms with van der Waals surface area (Å²) in [6, 6.07) is 5.20. The number of amides is 2. The number of nitrogens with one attached hydrogen (secondary N) is 1. The summed E-state index contributed by atoms with van der Waals surface area (Å²) in [6.45, 7) is 6.54. The van der Waals surface area contributed by atoms with Gasteiger partial charge in [-0.2, -0.15) is 0 Å². The average molecular weight is 449 g/mol. The number of anilines is 1. The molecule has 1 aromatic heterocycles. The molecule has 1 heterocycles. The van der Waals surface area contributed by atoms with Gasteiger partial charge in [0.25, 0.3) is 5.91 Å². The Morgan fingerprint density at radius 2 is 1.68 bits per heavy atom. The van der Waals surface area contributed by atoms with Gasteiger partial charge in [0.15, 0.2) is 11.5 Å². The molecule has 0 aliphatic carbocycles. The molecule has 0 saturated carbocycles. The number of hydrogen-bond donors (Lipinski definition) is 1. The molecule has 168 valence electrons. The fraction of sp³-hybridized carbons (Fsp3) is 0.409. The number of rotatable bonds is 9. The molecule has 0 radical (unpaired) electrons. The van der Waals surface area contributed by atoms with Gasteiger partial charge in [0, 0.05) is 13.1 Å². The Bertz CT molecular complexity index is 965. The first-order chi connectivity index (χ1) is 14.8. The van der Waals surface area contributed by atoms with Crippen LogP contribution in [0.2, 0.25) is 0 Å². The third kappa shape index (κ3) is 5.35. The van der Waals surface area contributed by atoms with E-state index < -0.39 is 5.97 Å². The van der Waals surface area contributed by atoms with Crippen LogP contribution in [0, 0.1) is 6.92 Å². The smallest absolute Gasteiger partial charge is 0.341 e. The Balaban J connectivity index is 2.33. The first-order valence-corrected chi connectivity index (χ1v) is 10.6. The molecule has 0 aliphatic rings. The number of benzene rings is 1. The van der Waals surface area contributed by atoms with Crippen molar-refractivity contribution in [3.05, 3.63) is 39.8 Å². The van der Waals surface area contributed by atoms with E-state index in [1.54, 1.807) is 30.0 Å². The zero-order valence-electron chi connectivity index (χ0n) is 18.7. The number of thiophene rings is 1. The Morgan fingerprint density at radius 1 is 1.03 bits per heavy atom. The summed E-state index contributed by atoms with van der Waals surface area (Å²) in [5.74, 6) is -0.0394. The van der Waals surface area contributed by atoms with E-state index >= 15 is 0 Å².